The van der Waals surface area contributed by atoms with Crippen molar-refractivity contribution in [1.29, 1.82) is 0 Å². The Morgan fingerprint density at radius 2 is 1.82 bits per heavy atom. The Morgan fingerprint density at radius 1 is 1.24 bits per heavy atom. The van der Waals surface area contributed by atoms with Gasteiger partial charge in [-0.1, -0.05) is 27.7 Å². The molecule has 0 saturated carbocycles. The van der Waals surface area contributed by atoms with Crippen LogP contribution in [0.2, 0.25) is 0 Å². The molecule has 1 N–H and O–H groups in total. The molecular formula is C15H32N2. The molecule has 1 atom stereocenters. The second-order valence-electron chi connectivity index (χ2n) is 6.68. The predicted octanol–water partition coefficient (Wildman–Crippen LogP) is 3.27. The fraction of sp³-hybridized carbons (Fsp3) is 1.00. The van der Waals surface area contributed by atoms with Gasteiger partial charge in [0, 0.05) is 30.7 Å². The van der Waals surface area contributed by atoms with E-state index in [-0.39, 0.29) is 0 Å². The lowest BCUT2D eigenvalue weighted by Gasteiger charge is -2.37. The van der Waals surface area contributed by atoms with Gasteiger partial charge in [-0.2, -0.15) is 0 Å². The van der Waals surface area contributed by atoms with E-state index in [9.17, 15) is 0 Å². The SMILES string of the molecule is CCC(CC)N(CC(C)C)C1CNC(C)(C)C1. The molecular weight excluding hydrogens is 208 g/mol. The van der Waals surface area contributed by atoms with Crippen LogP contribution < -0.4 is 5.32 Å². The highest BCUT2D eigenvalue weighted by atomic mass is 15.2. The molecule has 0 bridgehead atoms. The molecule has 0 amide bonds. The van der Waals surface area contributed by atoms with Crippen molar-refractivity contribution in [2.45, 2.75) is 78.4 Å². The molecule has 0 aromatic rings. The van der Waals surface area contributed by atoms with E-state index in [2.05, 4.69) is 51.8 Å². The molecule has 17 heavy (non-hydrogen) atoms. The topological polar surface area (TPSA) is 15.3 Å². The average Bonchev–Trinajstić information content (AvgIpc) is 2.58. The van der Waals surface area contributed by atoms with Gasteiger partial charge in [-0.25, -0.2) is 0 Å². The highest BCUT2D eigenvalue weighted by Gasteiger charge is 2.35. The highest BCUT2D eigenvalue weighted by Crippen LogP contribution is 2.26. The van der Waals surface area contributed by atoms with Crippen molar-refractivity contribution in [2.24, 2.45) is 5.92 Å². The Kier molecular flexibility index (Phi) is 5.46. The van der Waals surface area contributed by atoms with Crippen molar-refractivity contribution < 1.29 is 0 Å². The molecule has 0 aliphatic carbocycles. The summed E-state index contributed by atoms with van der Waals surface area (Å²) in [5.41, 5.74) is 0.325. The molecule has 1 saturated heterocycles. The lowest BCUT2D eigenvalue weighted by molar-refractivity contribution is 0.115. The molecule has 1 aliphatic heterocycles. The lowest BCUT2D eigenvalue weighted by Crippen LogP contribution is -2.45. The first kappa shape index (κ1) is 15.0. The predicted molar refractivity (Wildman–Crippen MR) is 76.4 cm³/mol. The van der Waals surface area contributed by atoms with E-state index < -0.39 is 0 Å². The highest BCUT2D eigenvalue weighted by molar-refractivity contribution is 4.95. The summed E-state index contributed by atoms with van der Waals surface area (Å²) < 4.78 is 0. The zero-order chi connectivity index (χ0) is 13.1. The normalized spacial score (nSPS) is 24.2. The summed E-state index contributed by atoms with van der Waals surface area (Å²) in [5, 5.41) is 3.66. The third-order valence-electron chi connectivity index (χ3n) is 4.02. The second kappa shape index (κ2) is 6.19. The molecule has 1 unspecified atom stereocenters. The summed E-state index contributed by atoms with van der Waals surface area (Å²) >= 11 is 0. The molecule has 0 spiro atoms. The number of nitrogens with one attached hydrogen (secondary N) is 1. The van der Waals surface area contributed by atoms with E-state index in [1.54, 1.807) is 0 Å². The molecule has 1 aliphatic rings. The van der Waals surface area contributed by atoms with Crippen LogP contribution in [0.4, 0.5) is 0 Å². The molecule has 0 aromatic heterocycles. The van der Waals surface area contributed by atoms with Gasteiger partial charge < -0.3 is 5.32 Å². The standard InChI is InChI=1S/C15H32N2/c1-7-13(8-2)17(11-12(3)4)14-9-15(5,6)16-10-14/h12-14,16H,7-11H2,1-6H3. The van der Waals surface area contributed by atoms with Crippen LogP contribution in [0.15, 0.2) is 0 Å². The van der Waals surface area contributed by atoms with Crippen LogP contribution in [0.25, 0.3) is 0 Å². The van der Waals surface area contributed by atoms with E-state index in [0.29, 0.717) is 5.54 Å². The maximum Gasteiger partial charge on any atom is 0.0241 e. The first-order valence-electron chi connectivity index (χ1n) is 7.40. The number of hydrogen-bond donors (Lipinski definition) is 1. The summed E-state index contributed by atoms with van der Waals surface area (Å²) in [5.74, 6) is 0.763. The smallest absolute Gasteiger partial charge is 0.0241 e. The Hall–Kier alpha value is -0.0800. The van der Waals surface area contributed by atoms with Gasteiger partial charge in [0.25, 0.3) is 0 Å². The van der Waals surface area contributed by atoms with Crippen LogP contribution in [0, 0.1) is 5.92 Å². The number of rotatable bonds is 6. The van der Waals surface area contributed by atoms with Crippen molar-refractivity contribution >= 4 is 0 Å². The molecule has 2 heteroatoms. The van der Waals surface area contributed by atoms with Gasteiger partial charge in [-0.05, 0) is 39.0 Å². The van der Waals surface area contributed by atoms with Crippen molar-refractivity contribution in [3.63, 3.8) is 0 Å². The minimum Gasteiger partial charge on any atom is -0.310 e. The number of nitrogens with zero attached hydrogens (tertiary/aromatic N) is 1. The second-order valence-corrected chi connectivity index (χ2v) is 6.68. The summed E-state index contributed by atoms with van der Waals surface area (Å²) in [6, 6.07) is 1.50. The molecule has 1 rings (SSSR count). The zero-order valence-corrected chi connectivity index (χ0v) is 12.7. The average molecular weight is 240 g/mol. The largest absolute Gasteiger partial charge is 0.310 e. The van der Waals surface area contributed by atoms with Crippen LogP contribution in [0.1, 0.15) is 60.8 Å². The van der Waals surface area contributed by atoms with Crippen molar-refractivity contribution in [2.75, 3.05) is 13.1 Å². The van der Waals surface area contributed by atoms with Gasteiger partial charge in [0.1, 0.15) is 0 Å². The van der Waals surface area contributed by atoms with E-state index in [4.69, 9.17) is 0 Å². The minimum absolute atomic E-state index is 0.325. The minimum atomic E-state index is 0.325. The molecule has 1 heterocycles. The fourth-order valence-corrected chi connectivity index (χ4v) is 3.14. The van der Waals surface area contributed by atoms with E-state index in [1.165, 1.54) is 25.8 Å². The Balaban J connectivity index is 2.69. The fourth-order valence-electron chi connectivity index (χ4n) is 3.14. The van der Waals surface area contributed by atoms with E-state index in [1.807, 2.05) is 0 Å². The van der Waals surface area contributed by atoms with Crippen LogP contribution in [0.3, 0.4) is 0 Å². The molecule has 2 nitrogen and oxygen atoms in total. The Bertz CT molecular complexity index is 219. The maximum atomic E-state index is 3.66. The van der Waals surface area contributed by atoms with Gasteiger partial charge in [-0.15, -0.1) is 0 Å². The monoisotopic (exact) mass is 240 g/mol. The van der Waals surface area contributed by atoms with Gasteiger partial charge >= 0.3 is 0 Å². The van der Waals surface area contributed by atoms with Crippen LogP contribution in [-0.4, -0.2) is 35.6 Å². The molecule has 102 valence electrons. The zero-order valence-electron chi connectivity index (χ0n) is 12.7. The van der Waals surface area contributed by atoms with Crippen LogP contribution >= 0.6 is 0 Å². The van der Waals surface area contributed by atoms with Gasteiger partial charge in [-0.3, -0.25) is 4.90 Å². The Morgan fingerprint density at radius 3 is 2.18 bits per heavy atom. The summed E-state index contributed by atoms with van der Waals surface area (Å²) in [6.07, 6.45) is 3.84. The van der Waals surface area contributed by atoms with E-state index >= 15 is 0 Å². The third kappa shape index (κ3) is 4.26. The summed E-state index contributed by atoms with van der Waals surface area (Å²) in [6.45, 7) is 16.4. The van der Waals surface area contributed by atoms with Gasteiger partial charge in [0.05, 0.1) is 0 Å². The molecule has 0 radical (unpaired) electrons. The summed E-state index contributed by atoms with van der Waals surface area (Å²) in [7, 11) is 0. The Labute approximate surface area is 108 Å². The van der Waals surface area contributed by atoms with Crippen molar-refractivity contribution in [3.05, 3.63) is 0 Å². The maximum absolute atomic E-state index is 3.66. The summed E-state index contributed by atoms with van der Waals surface area (Å²) in [4.78, 5) is 2.77. The molecule has 1 fully saturated rings. The van der Waals surface area contributed by atoms with Crippen LogP contribution in [-0.2, 0) is 0 Å². The van der Waals surface area contributed by atoms with Gasteiger partial charge in [0.2, 0.25) is 0 Å². The first-order chi connectivity index (χ1) is 7.89. The number of hydrogen-bond acceptors (Lipinski definition) is 2. The molecule has 0 aromatic carbocycles. The van der Waals surface area contributed by atoms with Crippen LogP contribution in [0.5, 0.6) is 0 Å². The van der Waals surface area contributed by atoms with Crippen molar-refractivity contribution in [1.82, 2.24) is 10.2 Å². The lowest BCUT2D eigenvalue weighted by atomic mass is 9.97. The quantitative estimate of drug-likeness (QED) is 0.766. The van der Waals surface area contributed by atoms with Gasteiger partial charge in [0.15, 0.2) is 0 Å². The third-order valence-corrected chi connectivity index (χ3v) is 4.02. The van der Waals surface area contributed by atoms with Crippen molar-refractivity contribution in [3.8, 4) is 0 Å². The van der Waals surface area contributed by atoms with E-state index in [0.717, 1.165) is 24.5 Å². The first-order valence-corrected chi connectivity index (χ1v) is 7.40.